The van der Waals surface area contributed by atoms with Crippen LogP contribution in [0.3, 0.4) is 0 Å². The summed E-state index contributed by atoms with van der Waals surface area (Å²) in [6.45, 7) is 7.36. The van der Waals surface area contributed by atoms with Gasteiger partial charge in [0.25, 0.3) is 5.69 Å². The number of hydrogen-bond donors (Lipinski definition) is 2. The monoisotopic (exact) mass is 463 g/mol. The summed E-state index contributed by atoms with van der Waals surface area (Å²) in [6, 6.07) is 7.96. The summed E-state index contributed by atoms with van der Waals surface area (Å²) >= 11 is 0. The van der Waals surface area contributed by atoms with Crippen LogP contribution >= 0.6 is 0 Å². The lowest BCUT2D eigenvalue weighted by atomic mass is 10.0. The van der Waals surface area contributed by atoms with E-state index in [0.717, 1.165) is 5.69 Å². The zero-order valence-corrected chi connectivity index (χ0v) is 19.1. The maximum Gasteiger partial charge on any atom is 0.324 e. The van der Waals surface area contributed by atoms with Crippen molar-refractivity contribution in [3.05, 3.63) is 64.7 Å². The molecule has 2 amide bonds. The van der Waals surface area contributed by atoms with Crippen LogP contribution in [0, 0.1) is 17.0 Å². The van der Waals surface area contributed by atoms with Crippen molar-refractivity contribution in [2.75, 3.05) is 35.2 Å². The molecule has 2 N–H and O–H groups in total. The highest BCUT2D eigenvalue weighted by molar-refractivity contribution is 5.99. The van der Waals surface area contributed by atoms with Gasteiger partial charge in [0.2, 0.25) is 0 Å². The van der Waals surface area contributed by atoms with Crippen LogP contribution in [0.15, 0.2) is 48.9 Å². The number of benzene rings is 1. The van der Waals surface area contributed by atoms with Gasteiger partial charge in [-0.2, -0.15) is 0 Å². The van der Waals surface area contributed by atoms with Crippen LogP contribution in [0.25, 0.3) is 11.3 Å². The molecule has 1 aliphatic heterocycles. The van der Waals surface area contributed by atoms with E-state index in [-0.39, 0.29) is 11.5 Å². The molecular formula is C23H25N7O4. The third-order valence-corrected chi connectivity index (χ3v) is 5.28. The molecule has 0 bridgehead atoms. The minimum Gasteiger partial charge on any atom is -0.372 e. The third-order valence-electron chi connectivity index (χ3n) is 5.28. The number of amides is 2. The lowest BCUT2D eigenvalue weighted by Gasteiger charge is -2.39. The Balaban J connectivity index is 1.54. The Hall–Kier alpha value is -4.12. The normalized spacial score (nSPS) is 15.0. The Morgan fingerprint density at radius 2 is 2.00 bits per heavy atom. The van der Waals surface area contributed by atoms with Gasteiger partial charge in [-0.25, -0.2) is 9.78 Å². The van der Waals surface area contributed by atoms with Crippen LogP contribution in [-0.4, -0.2) is 51.2 Å². The van der Waals surface area contributed by atoms with E-state index in [9.17, 15) is 14.9 Å². The molecule has 0 spiro atoms. The predicted octanol–water partition coefficient (Wildman–Crippen LogP) is 4.01. The van der Waals surface area contributed by atoms with Gasteiger partial charge in [0, 0.05) is 30.4 Å². The molecule has 3 aromatic rings. The summed E-state index contributed by atoms with van der Waals surface area (Å²) in [5.74, 6) is 0.205. The van der Waals surface area contributed by atoms with Gasteiger partial charge in [0.15, 0.2) is 5.82 Å². The number of hydrogen-bond acceptors (Lipinski definition) is 8. The van der Waals surface area contributed by atoms with Gasteiger partial charge in [-0.15, -0.1) is 0 Å². The highest BCUT2D eigenvalue weighted by Gasteiger charge is 2.31. The van der Waals surface area contributed by atoms with E-state index in [2.05, 4.69) is 25.6 Å². The van der Waals surface area contributed by atoms with E-state index in [4.69, 9.17) is 4.74 Å². The Kier molecular flexibility index (Phi) is 6.37. The molecule has 0 aliphatic carbocycles. The average Bonchev–Trinajstić information content (AvgIpc) is 2.79. The summed E-state index contributed by atoms with van der Waals surface area (Å²) in [4.78, 5) is 38.4. The maximum absolute atomic E-state index is 12.3. The fraction of sp³-hybridized carbons (Fsp3) is 0.304. The standard InChI is InChI=1S/C23H25N7O4/c1-15-4-6-17(11-25-15)26-22(31)28-21-13-24-12-18(27-21)16-5-7-19(20(10-16)30(32)33)29-8-9-34-23(2,3)14-29/h4-7,10-13H,8-9,14H2,1-3H3,(H2,26,27,28,31). The topological polar surface area (TPSA) is 135 Å². The van der Waals surface area contributed by atoms with Gasteiger partial charge < -0.3 is 15.0 Å². The summed E-state index contributed by atoms with van der Waals surface area (Å²) in [5, 5.41) is 17.1. The quantitative estimate of drug-likeness (QED) is 0.428. The van der Waals surface area contributed by atoms with Crippen LogP contribution in [0.5, 0.6) is 0 Å². The van der Waals surface area contributed by atoms with Crippen molar-refractivity contribution < 1.29 is 14.5 Å². The molecule has 3 heterocycles. The number of nitrogens with one attached hydrogen (secondary N) is 2. The summed E-state index contributed by atoms with van der Waals surface area (Å²) in [6.07, 6.45) is 4.44. The lowest BCUT2D eigenvalue weighted by molar-refractivity contribution is -0.384. The molecule has 4 rings (SSSR count). The zero-order valence-electron chi connectivity index (χ0n) is 19.1. The maximum atomic E-state index is 12.3. The number of anilines is 3. The van der Waals surface area contributed by atoms with E-state index in [0.29, 0.717) is 42.3 Å². The van der Waals surface area contributed by atoms with Crippen molar-refractivity contribution in [1.82, 2.24) is 15.0 Å². The fourth-order valence-electron chi connectivity index (χ4n) is 3.70. The van der Waals surface area contributed by atoms with Crippen molar-refractivity contribution >= 4 is 28.9 Å². The summed E-state index contributed by atoms with van der Waals surface area (Å²) in [5.41, 5.74) is 2.38. The molecule has 0 radical (unpaired) electrons. The molecule has 11 heteroatoms. The average molecular weight is 463 g/mol. The van der Waals surface area contributed by atoms with Crippen molar-refractivity contribution in [3.8, 4) is 11.3 Å². The second-order valence-electron chi connectivity index (χ2n) is 8.55. The molecular weight excluding hydrogens is 438 g/mol. The number of nitro benzene ring substituents is 1. The minimum atomic E-state index is -0.506. The Labute approximate surface area is 196 Å². The number of nitro groups is 1. The van der Waals surface area contributed by atoms with Crippen LogP contribution in [0.2, 0.25) is 0 Å². The van der Waals surface area contributed by atoms with Crippen LogP contribution in [0.4, 0.5) is 27.7 Å². The number of rotatable bonds is 5. The number of morpholine rings is 1. The number of carbonyl (C=O) groups excluding carboxylic acids is 1. The Morgan fingerprint density at radius 1 is 1.18 bits per heavy atom. The number of urea groups is 1. The first-order chi connectivity index (χ1) is 16.2. The predicted molar refractivity (Wildman–Crippen MR) is 128 cm³/mol. The largest absolute Gasteiger partial charge is 0.372 e. The van der Waals surface area contributed by atoms with Crippen molar-refractivity contribution in [2.24, 2.45) is 0 Å². The number of aromatic nitrogens is 3. The second kappa shape index (κ2) is 9.40. The van der Waals surface area contributed by atoms with E-state index in [1.165, 1.54) is 18.5 Å². The van der Waals surface area contributed by atoms with E-state index < -0.39 is 16.6 Å². The van der Waals surface area contributed by atoms with Gasteiger partial charge in [0.1, 0.15) is 5.69 Å². The Bertz CT molecular complexity index is 1210. The molecule has 11 nitrogen and oxygen atoms in total. The molecule has 0 saturated carbocycles. The van der Waals surface area contributed by atoms with Gasteiger partial charge >= 0.3 is 6.03 Å². The van der Waals surface area contributed by atoms with Crippen LogP contribution < -0.4 is 15.5 Å². The molecule has 1 aromatic carbocycles. The van der Waals surface area contributed by atoms with Crippen molar-refractivity contribution in [3.63, 3.8) is 0 Å². The SMILES string of the molecule is Cc1ccc(NC(=O)Nc2cncc(-c3ccc(N4CCOC(C)(C)C4)c([N+](=O)[O-])c3)n2)cn1. The smallest absolute Gasteiger partial charge is 0.324 e. The lowest BCUT2D eigenvalue weighted by Crippen LogP contribution is -2.48. The summed E-state index contributed by atoms with van der Waals surface area (Å²) < 4.78 is 5.73. The molecule has 34 heavy (non-hydrogen) atoms. The number of pyridine rings is 1. The molecule has 176 valence electrons. The van der Waals surface area contributed by atoms with E-state index in [1.54, 1.807) is 30.5 Å². The van der Waals surface area contributed by atoms with Gasteiger partial charge in [0.05, 0.1) is 47.1 Å². The minimum absolute atomic E-state index is 0.0278. The number of carbonyl (C=O) groups is 1. The summed E-state index contributed by atoms with van der Waals surface area (Å²) in [7, 11) is 0. The first-order valence-corrected chi connectivity index (χ1v) is 10.7. The second-order valence-corrected chi connectivity index (χ2v) is 8.55. The first kappa shape index (κ1) is 23.1. The van der Waals surface area contributed by atoms with Crippen LogP contribution in [-0.2, 0) is 4.74 Å². The van der Waals surface area contributed by atoms with Gasteiger partial charge in [-0.05, 0) is 39.0 Å². The zero-order chi connectivity index (χ0) is 24.3. The van der Waals surface area contributed by atoms with Crippen molar-refractivity contribution in [2.45, 2.75) is 26.4 Å². The van der Waals surface area contributed by atoms with Crippen LogP contribution in [0.1, 0.15) is 19.5 Å². The first-order valence-electron chi connectivity index (χ1n) is 10.7. The third kappa shape index (κ3) is 5.44. The molecule has 0 atom stereocenters. The molecule has 1 fully saturated rings. The molecule has 2 aromatic heterocycles. The highest BCUT2D eigenvalue weighted by Crippen LogP contribution is 2.34. The van der Waals surface area contributed by atoms with Crippen molar-refractivity contribution in [1.29, 1.82) is 0 Å². The van der Waals surface area contributed by atoms with Gasteiger partial charge in [-0.3, -0.25) is 25.4 Å². The molecule has 1 saturated heterocycles. The number of ether oxygens (including phenoxy) is 1. The molecule has 0 unspecified atom stereocenters. The van der Waals surface area contributed by atoms with Gasteiger partial charge in [-0.1, -0.05) is 6.07 Å². The number of nitrogens with zero attached hydrogens (tertiary/aromatic N) is 5. The molecule has 1 aliphatic rings. The van der Waals surface area contributed by atoms with E-state index in [1.807, 2.05) is 25.7 Å². The highest BCUT2D eigenvalue weighted by atomic mass is 16.6. The number of aryl methyl sites for hydroxylation is 1. The van der Waals surface area contributed by atoms with E-state index >= 15 is 0 Å². The fourth-order valence-corrected chi connectivity index (χ4v) is 3.70. The Morgan fingerprint density at radius 3 is 2.71 bits per heavy atom.